The van der Waals surface area contributed by atoms with Gasteiger partial charge in [0, 0.05) is 39.2 Å². The van der Waals surface area contributed by atoms with Crippen molar-refractivity contribution >= 4 is 15.9 Å². The Bertz CT molecular complexity index is 841. The van der Waals surface area contributed by atoms with Gasteiger partial charge in [0.25, 0.3) is 0 Å². The predicted molar refractivity (Wildman–Crippen MR) is 113 cm³/mol. The molecular formula is C22H34N2O4S. The number of ether oxygens (including phenoxy) is 1. The van der Waals surface area contributed by atoms with Gasteiger partial charge in [0.1, 0.15) is 0 Å². The van der Waals surface area contributed by atoms with Gasteiger partial charge in [-0.3, -0.25) is 4.79 Å². The lowest BCUT2D eigenvalue weighted by molar-refractivity contribution is -0.136. The quantitative estimate of drug-likeness (QED) is 0.732. The summed E-state index contributed by atoms with van der Waals surface area (Å²) in [6, 6.07) is 2.04. The Morgan fingerprint density at radius 1 is 1.10 bits per heavy atom. The second kappa shape index (κ2) is 8.74. The summed E-state index contributed by atoms with van der Waals surface area (Å²) in [6.07, 6.45) is 3.33. The van der Waals surface area contributed by atoms with Crippen LogP contribution in [0.5, 0.6) is 0 Å². The largest absolute Gasteiger partial charge is 0.376 e. The highest BCUT2D eigenvalue weighted by atomic mass is 32.2. The van der Waals surface area contributed by atoms with E-state index in [0.29, 0.717) is 37.4 Å². The number of carbonyl (C=O) groups excluding carboxylic acids is 1. The van der Waals surface area contributed by atoms with Gasteiger partial charge in [-0.25, -0.2) is 8.42 Å². The molecule has 0 spiro atoms. The topological polar surface area (TPSA) is 66.9 Å². The molecule has 1 unspecified atom stereocenters. The Labute approximate surface area is 175 Å². The number of benzene rings is 1. The molecule has 1 atom stereocenters. The van der Waals surface area contributed by atoms with E-state index in [2.05, 4.69) is 0 Å². The van der Waals surface area contributed by atoms with Crippen LogP contribution in [0.15, 0.2) is 11.0 Å². The lowest BCUT2D eigenvalue weighted by Crippen LogP contribution is -2.45. The van der Waals surface area contributed by atoms with Crippen LogP contribution in [-0.4, -0.2) is 62.9 Å². The number of likely N-dealkylation sites (N-methyl/N-ethyl adjacent to an activating group) is 1. The molecule has 6 nitrogen and oxygen atoms in total. The predicted octanol–water partition coefficient (Wildman–Crippen LogP) is 2.96. The Morgan fingerprint density at radius 2 is 1.69 bits per heavy atom. The number of aryl methyl sites for hydroxylation is 2. The lowest BCUT2D eigenvalue weighted by Gasteiger charge is -2.33. The van der Waals surface area contributed by atoms with E-state index >= 15 is 0 Å². The minimum Gasteiger partial charge on any atom is -0.376 e. The van der Waals surface area contributed by atoms with Crippen molar-refractivity contribution in [1.29, 1.82) is 0 Å². The fourth-order valence-electron chi connectivity index (χ4n) is 4.54. The van der Waals surface area contributed by atoms with E-state index in [-0.39, 0.29) is 17.9 Å². The normalized spacial score (nSPS) is 21.5. The highest BCUT2D eigenvalue weighted by Crippen LogP contribution is 2.31. The molecule has 0 bridgehead atoms. The third-order valence-corrected chi connectivity index (χ3v) is 8.75. The van der Waals surface area contributed by atoms with Gasteiger partial charge in [-0.15, -0.1) is 0 Å². The van der Waals surface area contributed by atoms with Crippen molar-refractivity contribution in [2.45, 2.75) is 64.4 Å². The van der Waals surface area contributed by atoms with Crippen LogP contribution in [-0.2, 0) is 19.6 Å². The lowest BCUT2D eigenvalue weighted by atomic mass is 9.96. The van der Waals surface area contributed by atoms with Gasteiger partial charge in [-0.2, -0.15) is 4.31 Å². The maximum atomic E-state index is 13.4. The number of carbonyl (C=O) groups is 1. The monoisotopic (exact) mass is 422 g/mol. The Kier molecular flexibility index (Phi) is 6.70. The zero-order valence-corrected chi connectivity index (χ0v) is 19.1. The number of nitrogens with zero attached hydrogens (tertiary/aromatic N) is 2. The van der Waals surface area contributed by atoms with Crippen LogP contribution < -0.4 is 0 Å². The second-order valence-electron chi connectivity index (χ2n) is 8.62. The Morgan fingerprint density at radius 3 is 2.21 bits per heavy atom. The highest BCUT2D eigenvalue weighted by molar-refractivity contribution is 7.89. The number of rotatable bonds is 5. The molecule has 0 N–H and O–H groups in total. The molecule has 1 aromatic carbocycles. The first-order chi connectivity index (χ1) is 13.6. The summed E-state index contributed by atoms with van der Waals surface area (Å²) < 4.78 is 34.0. The summed E-state index contributed by atoms with van der Waals surface area (Å²) in [5.41, 5.74) is 3.63. The average Bonchev–Trinajstić information content (AvgIpc) is 3.19. The first kappa shape index (κ1) is 22.2. The molecule has 0 saturated carbocycles. The molecule has 0 aliphatic carbocycles. The van der Waals surface area contributed by atoms with Crippen LogP contribution >= 0.6 is 0 Å². The number of hydrogen-bond acceptors (Lipinski definition) is 4. The summed E-state index contributed by atoms with van der Waals surface area (Å²) in [5, 5.41) is 0. The molecular weight excluding hydrogens is 388 g/mol. The Balaban J connectivity index is 1.68. The number of hydrogen-bond donors (Lipinski definition) is 0. The highest BCUT2D eigenvalue weighted by Gasteiger charge is 2.35. The van der Waals surface area contributed by atoms with Crippen LogP contribution in [0.25, 0.3) is 0 Å². The zero-order chi connectivity index (χ0) is 21.3. The Hall–Kier alpha value is -1.44. The molecule has 2 heterocycles. The number of piperidine rings is 1. The molecule has 3 rings (SSSR count). The van der Waals surface area contributed by atoms with Crippen molar-refractivity contribution in [2.24, 2.45) is 5.92 Å². The van der Waals surface area contributed by atoms with Crippen LogP contribution in [0.2, 0.25) is 0 Å². The molecule has 2 aliphatic heterocycles. The van der Waals surface area contributed by atoms with Crippen molar-refractivity contribution in [1.82, 2.24) is 9.21 Å². The fraction of sp³-hybridized carbons (Fsp3) is 0.682. The van der Waals surface area contributed by atoms with Crippen LogP contribution in [0.4, 0.5) is 0 Å². The summed E-state index contributed by atoms with van der Waals surface area (Å²) in [6.45, 7) is 9.84. The fourth-order valence-corrected chi connectivity index (χ4v) is 6.58. The van der Waals surface area contributed by atoms with E-state index in [9.17, 15) is 13.2 Å². The van der Waals surface area contributed by atoms with E-state index in [1.807, 2.05) is 40.8 Å². The molecule has 7 heteroatoms. The summed E-state index contributed by atoms with van der Waals surface area (Å²) in [7, 11) is -1.74. The van der Waals surface area contributed by atoms with Gasteiger partial charge in [-0.05, 0) is 75.6 Å². The van der Waals surface area contributed by atoms with Gasteiger partial charge >= 0.3 is 0 Å². The van der Waals surface area contributed by atoms with E-state index in [0.717, 1.165) is 41.7 Å². The summed E-state index contributed by atoms with van der Waals surface area (Å²) in [5.74, 6) is -0.00870. The molecule has 0 aromatic heterocycles. The standard InChI is InChI=1S/C22H34N2O4S/c1-15-13-16(2)18(4)21(17(15)3)29(26,27)24-10-8-19(9-11-24)22(25)23(5)14-20-7-6-12-28-20/h13,19-20H,6-12,14H2,1-5H3. The molecule has 2 fully saturated rings. The van der Waals surface area contributed by atoms with E-state index < -0.39 is 10.0 Å². The SMILES string of the molecule is Cc1cc(C)c(C)c(S(=O)(=O)N2CCC(C(=O)N(C)CC3CCCO3)CC2)c1C. The van der Waals surface area contributed by atoms with Gasteiger partial charge < -0.3 is 9.64 Å². The van der Waals surface area contributed by atoms with Crippen LogP contribution in [0.3, 0.4) is 0 Å². The smallest absolute Gasteiger partial charge is 0.243 e. The van der Waals surface area contributed by atoms with Crippen molar-refractivity contribution < 1.29 is 17.9 Å². The van der Waals surface area contributed by atoms with Gasteiger partial charge in [0.15, 0.2) is 0 Å². The molecule has 1 amide bonds. The van der Waals surface area contributed by atoms with Crippen molar-refractivity contribution in [3.8, 4) is 0 Å². The van der Waals surface area contributed by atoms with Crippen molar-refractivity contribution in [3.63, 3.8) is 0 Å². The van der Waals surface area contributed by atoms with Crippen molar-refractivity contribution in [3.05, 3.63) is 28.3 Å². The minimum atomic E-state index is -3.57. The van der Waals surface area contributed by atoms with Gasteiger partial charge in [-0.1, -0.05) is 6.07 Å². The minimum absolute atomic E-state index is 0.108. The van der Waals surface area contributed by atoms with Crippen molar-refractivity contribution in [2.75, 3.05) is 33.3 Å². The number of sulfonamides is 1. The molecule has 29 heavy (non-hydrogen) atoms. The van der Waals surface area contributed by atoms with Gasteiger partial charge in [0.2, 0.25) is 15.9 Å². The third kappa shape index (κ3) is 4.52. The average molecular weight is 423 g/mol. The molecule has 162 valence electrons. The van der Waals surface area contributed by atoms with Crippen LogP contribution in [0, 0.1) is 33.6 Å². The molecule has 2 aliphatic rings. The molecule has 2 saturated heterocycles. The first-order valence-corrected chi connectivity index (χ1v) is 12.0. The van der Waals surface area contributed by atoms with E-state index in [1.54, 1.807) is 9.21 Å². The van der Waals surface area contributed by atoms with Gasteiger partial charge in [0.05, 0.1) is 11.0 Å². The van der Waals surface area contributed by atoms with Crippen LogP contribution in [0.1, 0.15) is 47.9 Å². The first-order valence-electron chi connectivity index (χ1n) is 10.6. The maximum absolute atomic E-state index is 13.4. The number of amides is 1. The third-order valence-electron chi connectivity index (χ3n) is 6.58. The molecule has 0 radical (unpaired) electrons. The maximum Gasteiger partial charge on any atom is 0.243 e. The second-order valence-corrected chi connectivity index (χ2v) is 10.5. The van der Waals surface area contributed by atoms with E-state index in [4.69, 9.17) is 4.74 Å². The zero-order valence-electron chi connectivity index (χ0n) is 18.3. The van der Waals surface area contributed by atoms with E-state index in [1.165, 1.54) is 0 Å². The summed E-state index contributed by atoms with van der Waals surface area (Å²) >= 11 is 0. The summed E-state index contributed by atoms with van der Waals surface area (Å²) in [4.78, 5) is 15.0. The molecule has 1 aromatic rings.